The summed E-state index contributed by atoms with van der Waals surface area (Å²) in [6.07, 6.45) is 0. The molecule has 0 aliphatic rings. The molecule has 0 bridgehead atoms. The standard InChI is InChI=1S/C15H14FNO2/c1-9(2)14-12(15(18)19)6-7-13(17-14)10-4-3-5-11(16)8-10/h3-9H,1-2H3,(H,18,19). The summed E-state index contributed by atoms with van der Waals surface area (Å²) < 4.78 is 13.2. The summed E-state index contributed by atoms with van der Waals surface area (Å²) in [5.74, 6) is -1.35. The molecule has 0 saturated heterocycles. The van der Waals surface area contributed by atoms with Crippen LogP contribution in [0.4, 0.5) is 4.39 Å². The first-order valence-corrected chi connectivity index (χ1v) is 5.99. The van der Waals surface area contributed by atoms with Crippen LogP contribution in [0.15, 0.2) is 36.4 Å². The van der Waals surface area contributed by atoms with E-state index in [0.29, 0.717) is 17.0 Å². The molecule has 0 aliphatic heterocycles. The average molecular weight is 259 g/mol. The SMILES string of the molecule is CC(C)c1nc(-c2cccc(F)c2)ccc1C(=O)O. The summed E-state index contributed by atoms with van der Waals surface area (Å²) in [6, 6.07) is 9.21. The lowest BCUT2D eigenvalue weighted by atomic mass is 10.0. The Morgan fingerprint density at radius 1 is 1.26 bits per heavy atom. The van der Waals surface area contributed by atoms with Crippen molar-refractivity contribution >= 4 is 5.97 Å². The van der Waals surface area contributed by atoms with E-state index in [0.717, 1.165) is 0 Å². The molecule has 1 aromatic heterocycles. The quantitative estimate of drug-likeness (QED) is 0.914. The third-order valence-corrected chi connectivity index (χ3v) is 2.82. The van der Waals surface area contributed by atoms with E-state index >= 15 is 0 Å². The zero-order chi connectivity index (χ0) is 14.0. The average Bonchev–Trinajstić information content (AvgIpc) is 2.37. The van der Waals surface area contributed by atoms with Crippen molar-refractivity contribution in [1.29, 1.82) is 0 Å². The smallest absolute Gasteiger partial charge is 0.337 e. The fraction of sp³-hybridized carbons (Fsp3) is 0.200. The number of hydrogen-bond donors (Lipinski definition) is 1. The van der Waals surface area contributed by atoms with Gasteiger partial charge in [-0.3, -0.25) is 4.98 Å². The Hall–Kier alpha value is -2.23. The first-order valence-electron chi connectivity index (χ1n) is 5.99. The van der Waals surface area contributed by atoms with Crippen LogP contribution in [0.5, 0.6) is 0 Å². The van der Waals surface area contributed by atoms with Crippen molar-refractivity contribution in [3.8, 4) is 11.3 Å². The number of rotatable bonds is 3. The van der Waals surface area contributed by atoms with Crippen LogP contribution < -0.4 is 0 Å². The Balaban J connectivity index is 2.55. The summed E-state index contributed by atoms with van der Waals surface area (Å²) in [5, 5.41) is 9.12. The Kier molecular flexibility index (Phi) is 3.60. The highest BCUT2D eigenvalue weighted by molar-refractivity contribution is 5.89. The van der Waals surface area contributed by atoms with Crippen molar-refractivity contribution in [2.75, 3.05) is 0 Å². The van der Waals surface area contributed by atoms with Gasteiger partial charge < -0.3 is 5.11 Å². The number of carboxylic acid groups (broad SMARTS) is 1. The maximum Gasteiger partial charge on any atom is 0.337 e. The Morgan fingerprint density at radius 3 is 2.58 bits per heavy atom. The molecule has 0 saturated carbocycles. The van der Waals surface area contributed by atoms with Crippen LogP contribution in [0, 0.1) is 5.82 Å². The zero-order valence-corrected chi connectivity index (χ0v) is 10.7. The molecule has 2 aromatic rings. The number of aromatic nitrogens is 1. The molecule has 0 spiro atoms. The first kappa shape index (κ1) is 13.2. The van der Waals surface area contributed by atoms with Crippen molar-refractivity contribution in [2.45, 2.75) is 19.8 Å². The first-order chi connectivity index (χ1) is 8.99. The van der Waals surface area contributed by atoms with Gasteiger partial charge in [0.15, 0.2) is 0 Å². The van der Waals surface area contributed by atoms with E-state index < -0.39 is 5.97 Å². The lowest BCUT2D eigenvalue weighted by Crippen LogP contribution is -2.07. The van der Waals surface area contributed by atoms with Gasteiger partial charge in [0.1, 0.15) is 5.82 Å². The summed E-state index contributed by atoms with van der Waals surface area (Å²) in [7, 11) is 0. The highest BCUT2D eigenvalue weighted by atomic mass is 19.1. The number of halogens is 1. The highest BCUT2D eigenvalue weighted by Crippen LogP contribution is 2.24. The van der Waals surface area contributed by atoms with Crippen molar-refractivity contribution < 1.29 is 14.3 Å². The summed E-state index contributed by atoms with van der Waals surface area (Å²) >= 11 is 0. The van der Waals surface area contributed by atoms with Gasteiger partial charge in [-0.1, -0.05) is 26.0 Å². The third-order valence-electron chi connectivity index (χ3n) is 2.82. The summed E-state index contributed by atoms with van der Waals surface area (Å²) in [5.41, 5.74) is 1.91. The number of aromatic carboxylic acids is 1. The van der Waals surface area contributed by atoms with E-state index in [4.69, 9.17) is 5.11 Å². The lowest BCUT2D eigenvalue weighted by molar-refractivity contribution is 0.0694. The lowest BCUT2D eigenvalue weighted by Gasteiger charge is -2.11. The van der Waals surface area contributed by atoms with E-state index in [1.807, 2.05) is 13.8 Å². The van der Waals surface area contributed by atoms with Gasteiger partial charge in [-0.15, -0.1) is 0 Å². The van der Waals surface area contributed by atoms with Gasteiger partial charge in [0.2, 0.25) is 0 Å². The van der Waals surface area contributed by atoms with Crippen LogP contribution in [0.2, 0.25) is 0 Å². The largest absolute Gasteiger partial charge is 0.478 e. The van der Waals surface area contributed by atoms with Crippen LogP contribution in [0.25, 0.3) is 11.3 Å². The minimum Gasteiger partial charge on any atom is -0.478 e. The molecule has 0 unspecified atom stereocenters. The van der Waals surface area contributed by atoms with Gasteiger partial charge in [-0.25, -0.2) is 9.18 Å². The second-order valence-electron chi connectivity index (χ2n) is 4.60. The maximum atomic E-state index is 13.2. The van der Waals surface area contributed by atoms with Crippen LogP contribution in [-0.2, 0) is 0 Å². The van der Waals surface area contributed by atoms with E-state index in [2.05, 4.69) is 4.98 Å². The van der Waals surface area contributed by atoms with Crippen LogP contribution in [-0.4, -0.2) is 16.1 Å². The van der Waals surface area contributed by atoms with Crippen molar-refractivity contribution in [1.82, 2.24) is 4.98 Å². The number of benzene rings is 1. The van der Waals surface area contributed by atoms with E-state index in [9.17, 15) is 9.18 Å². The fourth-order valence-corrected chi connectivity index (χ4v) is 1.90. The number of pyridine rings is 1. The fourth-order valence-electron chi connectivity index (χ4n) is 1.90. The van der Waals surface area contributed by atoms with E-state index in [1.54, 1.807) is 18.2 Å². The molecular weight excluding hydrogens is 245 g/mol. The molecule has 1 N–H and O–H groups in total. The molecule has 98 valence electrons. The van der Waals surface area contributed by atoms with E-state index in [-0.39, 0.29) is 17.3 Å². The van der Waals surface area contributed by atoms with Crippen molar-refractivity contribution in [2.24, 2.45) is 0 Å². The molecule has 0 amide bonds. The van der Waals surface area contributed by atoms with Crippen LogP contribution >= 0.6 is 0 Å². The topological polar surface area (TPSA) is 50.2 Å². The molecule has 2 rings (SSSR count). The molecule has 1 aromatic carbocycles. The summed E-state index contributed by atoms with van der Waals surface area (Å²) in [6.45, 7) is 3.76. The number of hydrogen-bond acceptors (Lipinski definition) is 2. The number of carboxylic acids is 1. The van der Waals surface area contributed by atoms with Gasteiger partial charge >= 0.3 is 5.97 Å². The maximum absolute atomic E-state index is 13.2. The Labute approximate surface area is 110 Å². The van der Waals surface area contributed by atoms with Crippen LogP contribution in [0.1, 0.15) is 35.8 Å². The van der Waals surface area contributed by atoms with Crippen LogP contribution in [0.3, 0.4) is 0 Å². The molecule has 0 atom stereocenters. The molecule has 3 nitrogen and oxygen atoms in total. The second-order valence-corrected chi connectivity index (χ2v) is 4.60. The van der Waals surface area contributed by atoms with Gasteiger partial charge in [0, 0.05) is 5.56 Å². The minimum absolute atomic E-state index is 0.0143. The van der Waals surface area contributed by atoms with Gasteiger partial charge in [0.25, 0.3) is 0 Å². The predicted molar refractivity (Wildman–Crippen MR) is 70.7 cm³/mol. The second kappa shape index (κ2) is 5.18. The minimum atomic E-state index is -0.998. The van der Waals surface area contributed by atoms with Crippen molar-refractivity contribution in [3.05, 3.63) is 53.5 Å². The molecule has 0 radical (unpaired) electrons. The predicted octanol–water partition coefficient (Wildman–Crippen LogP) is 3.71. The molecule has 1 heterocycles. The summed E-state index contributed by atoms with van der Waals surface area (Å²) in [4.78, 5) is 15.5. The van der Waals surface area contributed by atoms with E-state index in [1.165, 1.54) is 18.2 Å². The molecule has 4 heteroatoms. The highest BCUT2D eigenvalue weighted by Gasteiger charge is 2.15. The van der Waals surface area contributed by atoms with Gasteiger partial charge in [0.05, 0.1) is 17.0 Å². The normalized spacial score (nSPS) is 10.7. The molecule has 19 heavy (non-hydrogen) atoms. The molecule has 0 fully saturated rings. The number of nitrogens with zero attached hydrogens (tertiary/aromatic N) is 1. The third kappa shape index (κ3) is 2.78. The monoisotopic (exact) mass is 259 g/mol. The number of carbonyl (C=O) groups is 1. The molecule has 0 aliphatic carbocycles. The molecular formula is C15H14FNO2. The van der Waals surface area contributed by atoms with Gasteiger partial charge in [-0.05, 0) is 30.2 Å². The van der Waals surface area contributed by atoms with Crippen molar-refractivity contribution in [3.63, 3.8) is 0 Å². The zero-order valence-electron chi connectivity index (χ0n) is 10.7. The Bertz CT molecular complexity index is 623. The van der Waals surface area contributed by atoms with Gasteiger partial charge in [-0.2, -0.15) is 0 Å². The Morgan fingerprint density at radius 2 is 2.00 bits per heavy atom.